The van der Waals surface area contributed by atoms with Crippen LogP contribution in [0.25, 0.3) is 0 Å². The van der Waals surface area contributed by atoms with E-state index in [-0.39, 0.29) is 5.91 Å². The second kappa shape index (κ2) is 7.50. The molecule has 0 aliphatic carbocycles. The van der Waals surface area contributed by atoms with Crippen LogP contribution in [0, 0.1) is 20.8 Å². The lowest BCUT2D eigenvalue weighted by atomic mass is 10.2. The van der Waals surface area contributed by atoms with E-state index in [1.54, 1.807) is 13.8 Å². The quantitative estimate of drug-likeness (QED) is 0.772. The molecule has 0 atom stereocenters. The first-order chi connectivity index (χ1) is 12.0. The van der Waals surface area contributed by atoms with Crippen LogP contribution >= 0.6 is 0 Å². The molecule has 2 aromatic heterocycles. The van der Waals surface area contributed by atoms with Gasteiger partial charge in [-0.3, -0.25) is 4.79 Å². The van der Waals surface area contributed by atoms with Gasteiger partial charge in [0, 0.05) is 37.9 Å². The van der Waals surface area contributed by atoms with E-state index in [9.17, 15) is 4.79 Å². The fourth-order valence-electron chi connectivity index (χ4n) is 2.99. The lowest BCUT2D eigenvalue weighted by molar-refractivity contribution is 0.0953. The maximum atomic E-state index is 12.2. The molecule has 1 aliphatic rings. The number of amides is 1. The molecule has 8 nitrogen and oxygen atoms in total. The molecule has 2 aromatic rings. The number of rotatable bonds is 6. The first kappa shape index (κ1) is 17.2. The van der Waals surface area contributed by atoms with Crippen molar-refractivity contribution in [2.24, 2.45) is 0 Å². The number of aromatic nitrogens is 3. The van der Waals surface area contributed by atoms with Crippen molar-refractivity contribution >= 4 is 17.7 Å². The first-order valence-corrected chi connectivity index (χ1v) is 8.60. The van der Waals surface area contributed by atoms with Crippen LogP contribution in [-0.4, -0.2) is 47.2 Å². The summed E-state index contributed by atoms with van der Waals surface area (Å²) >= 11 is 0. The van der Waals surface area contributed by atoms with Gasteiger partial charge >= 0.3 is 0 Å². The van der Waals surface area contributed by atoms with Gasteiger partial charge in [0.1, 0.15) is 17.1 Å². The van der Waals surface area contributed by atoms with Crippen molar-refractivity contribution in [1.82, 2.24) is 20.4 Å². The number of nitrogens with zero attached hydrogens (tertiary/aromatic N) is 4. The van der Waals surface area contributed by atoms with Crippen LogP contribution in [-0.2, 0) is 0 Å². The van der Waals surface area contributed by atoms with Gasteiger partial charge in [-0.05, 0) is 33.6 Å². The van der Waals surface area contributed by atoms with Gasteiger partial charge in [-0.25, -0.2) is 4.98 Å². The summed E-state index contributed by atoms with van der Waals surface area (Å²) in [4.78, 5) is 23.4. The zero-order valence-corrected chi connectivity index (χ0v) is 14.9. The van der Waals surface area contributed by atoms with E-state index in [0.29, 0.717) is 36.1 Å². The molecule has 0 bridgehead atoms. The molecule has 0 saturated carbocycles. The van der Waals surface area contributed by atoms with Gasteiger partial charge in [0.2, 0.25) is 5.95 Å². The topological polar surface area (TPSA) is 96.2 Å². The van der Waals surface area contributed by atoms with E-state index in [1.165, 1.54) is 12.8 Å². The Kier molecular flexibility index (Phi) is 5.16. The molecule has 0 spiro atoms. The summed E-state index contributed by atoms with van der Waals surface area (Å²) in [5.74, 6) is 1.90. The van der Waals surface area contributed by atoms with Gasteiger partial charge in [-0.1, -0.05) is 5.16 Å². The average Bonchev–Trinajstić information content (AvgIpc) is 3.21. The highest BCUT2D eigenvalue weighted by atomic mass is 16.5. The molecule has 8 heteroatoms. The molecule has 25 heavy (non-hydrogen) atoms. The SMILES string of the molecule is Cc1cc(N2CCCC2)nc(NCCNC(=O)c2c(C)noc2C)n1. The van der Waals surface area contributed by atoms with Crippen molar-refractivity contribution in [3.05, 3.63) is 28.8 Å². The fourth-order valence-corrected chi connectivity index (χ4v) is 2.99. The molecule has 2 N–H and O–H groups in total. The summed E-state index contributed by atoms with van der Waals surface area (Å²) < 4.78 is 5.02. The normalized spacial score (nSPS) is 14.0. The minimum Gasteiger partial charge on any atom is -0.361 e. The van der Waals surface area contributed by atoms with Crippen LogP contribution in [0.5, 0.6) is 0 Å². The monoisotopic (exact) mass is 344 g/mol. The number of nitrogens with one attached hydrogen (secondary N) is 2. The zero-order chi connectivity index (χ0) is 17.8. The Hall–Kier alpha value is -2.64. The molecule has 1 saturated heterocycles. The predicted molar refractivity (Wildman–Crippen MR) is 95.0 cm³/mol. The van der Waals surface area contributed by atoms with Crippen molar-refractivity contribution in [1.29, 1.82) is 0 Å². The smallest absolute Gasteiger partial charge is 0.256 e. The van der Waals surface area contributed by atoms with Crippen molar-refractivity contribution in [3.8, 4) is 0 Å². The minimum atomic E-state index is -0.180. The summed E-state index contributed by atoms with van der Waals surface area (Å²) in [6.45, 7) is 8.54. The van der Waals surface area contributed by atoms with Crippen molar-refractivity contribution in [2.45, 2.75) is 33.6 Å². The first-order valence-electron chi connectivity index (χ1n) is 8.60. The zero-order valence-electron chi connectivity index (χ0n) is 14.9. The van der Waals surface area contributed by atoms with Crippen molar-refractivity contribution in [3.63, 3.8) is 0 Å². The average molecular weight is 344 g/mol. The van der Waals surface area contributed by atoms with E-state index in [2.05, 4.69) is 30.7 Å². The van der Waals surface area contributed by atoms with Gasteiger partial charge in [-0.2, -0.15) is 4.98 Å². The lowest BCUT2D eigenvalue weighted by Gasteiger charge is -2.17. The molecule has 1 aliphatic heterocycles. The van der Waals surface area contributed by atoms with E-state index >= 15 is 0 Å². The molecular formula is C17H24N6O2. The Bertz CT molecular complexity index is 732. The highest BCUT2D eigenvalue weighted by Gasteiger charge is 2.17. The Morgan fingerprint density at radius 3 is 2.64 bits per heavy atom. The van der Waals surface area contributed by atoms with Crippen LogP contribution < -0.4 is 15.5 Å². The van der Waals surface area contributed by atoms with Gasteiger partial charge in [-0.15, -0.1) is 0 Å². The molecular weight excluding hydrogens is 320 g/mol. The summed E-state index contributed by atoms with van der Waals surface area (Å²) in [5, 5.41) is 9.82. The molecule has 3 heterocycles. The summed E-state index contributed by atoms with van der Waals surface area (Å²) in [6.07, 6.45) is 2.42. The molecule has 0 aromatic carbocycles. The van der Waals surface area contributed by atoms with Gasteiger partial charge in [0.25, 0.3) is 5.91 Å². The third-order valence-electron chi connectivity index (χ3n) is 4.22. The van der Waals surface area contributed by atoms with Crippen molar-refractivity contribution < 1.29 is 9.32 Å². The third-order valence-corrected chi connectivity index (χ3v) is 4.22. The number of carbonyl (C=O) groups is 1. The second-order valence-electron chi connectivity index (χ2n) is 6.27. The highest BCUT2D eigenvalue weighted by molar-refractivity contribution is 5.96. The summed E-state index contributed by atoms with van der Waals surface area (Å²) in [7, 11) is 0. The maximum Gasteiger partial charge on any atom is 0.256 e. The maximum absolute atomic E-state index is 12.2. The molecule has 3 rings (SSSR count). The third kappa shape index (κ3) is 4.07. The lowest BCUT2D eigenvalue weighted by Crippen LogP contribution is -2.30. The van der Waals surface area contributed by atoms with E-state index in [1.807, 2.05) is 13.0 Å². The molecule has 0 unspecified atom stereocenters. The van der Waals surface area contributed by atoms with E-state index < -0.39 is 0 Å². The number of anilines is 2. The molecule has 1 fully saturated rings. The number of hydrogen-bond acceptors (Lipinski definition) is 7. The molecule has 134 valence electrons. The van der Waals surface area contributed by atoms with Crippen molar-refractivity contribution in [2.75, 3.05) is 36.4 Å². The Morgan fingerprint density at radius 2 is 1.96 bits per heavy atom. The summed E-state index contributed by atoms with van der Waals surface area (Å²) in [5.41, 5.74) is 2.03. The van der Waals surface area contributed by atoms with Gasteiger partial charge in [0.05, 0.1) is 5.69 Å². The Morgan fingerprint density at radius 1 is 1.20 bits per heavy atom. The Labute approximate surface area is 147 Å². The second-order valence-corrected chi connectivity index (χ2v) is 6.27. The largest absolute Gasteiger partial charge is 0.361 e. The predicted octanol–water partition coefficient (Wildman–Crippen LogP) is 1.83. The van der Waals surface area contributed by atoms with Crippen LogP contribution in [0.2, 0.25) is 0 Å². The fraction of sp³-hybridized carbons (Fsp3) is 0.529. The molecule has 1 amide bonds. The molecule has 0 radical (unpaired) electrons. The van der Waals surface area contributed by atoms with E-state index in [0.717, 1.165) is 24.6 Å². The standard InChI is InChI=1S/C17H24N6O2/c1-11-10-14(23-8-4-5-9-23)21-17(20-11)19-7-6-18-16(24)15-12(2)22-25-13(15)3/h10H,4-9H2,1-3H3,(H,18,24)(H,19,20,21). The number of carbonyl (C=O) groups excluding carboxylic acids is 1. The van der Waals surface area contributed by atoms with E-state index in [4.69, 9.17) is 4.52 Å². The summed E-state index contributed by atoms with van der Waals surface area (Å²) in [6, 6.07) is 2.01. The van der Waals surface area contributed by atoms with Gasteiger partial charge < -0.3 is 20.1 Å². The van der Waals surface area contributed by atoms with Crippen LogP contribution in [0.1, 0.15) is 40.3 Å². The number of hydrogen-bond donors (Lipinski definition) is 2. The van der Waals surface area contributed by atoms with Gasteiger partial charge in [0.15, 0.2) is 0 Å². The highest BCUT2D eigenvalue weighted by Crippen LogP contribution is 2.19. The number of aryl methyl sites for hydroxylation is 3. The minimum absolute atomic E-state index is 0.180. The van der Waals surface area contributed by atoms with Crippen LogP contribution in [0.3, 0.4) is 0 Å². The van der Waals surface area contributed by atoms with Crippen LogP contribution in [0.4, 0.5) is 11.8 Å². The Balaban J connectivity index is 1.53. The van der Waals surface area contributed by atoms with Crippen LogP contribution in [0.15, 0.2) is 10.6 Å².